The third-order valence-electron chi connectivity index (χ3n) is 4.14. The largest absolute Gasteiger partial charge is 0.488 e. The Bertz CT molecular complexity index is 1070. The molecule has 0 saturated heterocycles. The van der Waals surface area contributed by atoms with Gasteiger partial charge in [-0.3, -0.25) is 14.9 Å². The summed E-state index contributed by atoms with van der Waals surface area (Å²) in [6.07, 6.45) is 1.33. The van der Waals surface area contributed by atoms with Crippen LogP contribution in [-0.2, 0) is 17.8 Å². The lowest BCUT2D eigenvalue weighted by Crippen LogP contribution is -2.20. The molecule has 1 N–H and O–H groups in total. The Morgan fingerprint density at radius 3 is 2.60 bits per heavy atom. The first kappa shape index (κ1) is 21.2. The van der Waals surface area contributed by atoms with Crippen molar-refractivity contribution in [1.29, 1.82) is 0 Å². The molecule has 0 aliphatic carbocycles. The number of benzene rings is 3. The topological polar surface area (TPSA) is 93.8 Å². The van der Waals surface area contributed by atoms with Gasteiger partial charge in [0.2, 0.25) is 5.91 Å². The van der Waals surface area contributed by atoms with Gasteiger partial charge in [-0.15, -0.1) is 0 Å². The zero-order valence-corrected chi connectivity index (χ0v) is 17.4. The third-order valence-corrected chi connectivity index (χ3v) is 4.63. The molecule has 3 rings (SSSR count). The molecule has 0 bridgehead atoms. The van der Waals surface area contributed by atoms with E-state index in [1.165, 1.54) is 12.3 Å². The molecule has 3 aromatic carbocycles. The fourth-order valence-electron chi connectivity index (χ4n) is 2.71. The maximum atomic E-state index is 12.2. The third kappa shape index (κ3) is 5.99. The van der Waals surface area contributed by atoms with Gasteiger partial charge < -0.3 is 4.74 Å². The van der Waals surface area contributed by atoms with Crippen molar-refractivity contribution in [2.45, 2.75) is 13.0 Å². The van der Waals surface area contributed by atoms with E-state index in [-0.39, 0.29) is 12.1 Å². The number of hydrogen-bond acceptors (Lipinski definition) is 5. The van der Waals surface area contributed by atoms with E-state index in [1.807, 2.05) is 48.5 Å². The smallest absolute Gasteiger partial charge is 0.273 e. The second-order valence-corrected chi connectivity index (χ2v) is 7.23. The maximum absolute atomic E-state index is 12.2. The Morgan fingerprint density at radius 2 is 1.83 bits per heavy atom. The van der Waals surface area contributed by atoms with Gasteiger partial charge in [-0.2, -0.15) is 5.10 Å². The van der Waals surface area contributed by atoms with Crippen molar-refractivity contribution in [3.8, 4) is 5.75 Å². The Balaban J connectivity index is 1.65. The van der Waals surface area contributed by atoms with Crippen LogP contribution in [0.1, 0.15) is 16.7 Å². The molecule has 0 heterocycles. The van der Waals surface area contributed by atoms with E-state index in [4.69, 9.17) is 4.74 Å². The molecule has 3 aromatic rings. The highest BCUT2D eigenvalue weighted by Crippen LogP contribution is 2.23. The van der Waals surface area contributed by atoms with Crippen molar-refractivity contribution in [3.63, 3.8) is 0 Å². The van der Waals surface area contributed by atoms with Crippen LogP contribution in [-0.4, -0.2) is 17.0 Å². The van der Waals surface area contributed by atoms with E-state index in [2.05, 4.69) is 26.5 Å². The first-order valence-electron chi connectivity index (χ1n) is 9.03. The second kappa shape index (κ2) is 10.3. The predicted molar refractivity (Wildman–Crippen MR) is 117 cm³/mol. The van der Waals surface area contributed by atoms with Gasteiger partial charge in [-0.05, 0) is 23.8 Å². The van der Waals surface area contributed by atoms with Crippen LogP contribution in [0.4, 0.5) is 5.69 Å². The molecule has 0 aromatic heterocycles. The summed E-state index contributed by atoms with van der Waals surface area (Å²) in [6, 6.07) is 21.4. The number of amides is 1. The van der Waals surface area contributed by atoms with Crippen molar-refractivity contribution in [2.24, 2.45) is 5.10 Å². The Kier molecular flexibility index (Phi) is 7.29. The van der Waals surface area contributed by atoms with Gasteiger partial charge in [-0.25, -0.2) is 5.43 Å². The van der Waals surface area contributed by atoms with E-state index in [1.54, 1.807) is 18.2 Å². The number of hydrogen-bond donors (Lipinski definition) is 1. The summed E-state index contributed by atoms with van der Waals surface area (Å²) < 4.78 is 6.71. The molecule has 152 valence electrons. The van der Waals surface area contributed by atoms with Crippen LogP contribution in [0, 0.1) is 10.1 Å². The lowest BCUT2D eigenvalue weighted by Gasteiger charge is -2.09. The van der Waals surface area contributed by atoms with Gasteiger partial charge in [0.15, 0.2) is 0 Å². The minimum absolute atomic E-state index is 0.0970. The number of carbonyl (C=O) groups is 1. The summed E-state index contributed by atoms with van der Waals surface area (Å²) >= 11 is 3.41. The number of ether oxygens (including phenoxy) is 1. The molecule has 0 unspecified atom stereocenters. The zero-order valence-electron chi connectivity index (χ0n) is 15.8. The van der Waals surface area contributed by atoms with Gasteiger partial charge in [0.25, 0.3) is 5.69 Å². The molecule has 30 heavy (non-hydrogen) atoms. The van der Waals surface area contributed by atoms with Crippen molar-refractivity contribution >= 4 is 33.7 Å². The average Bonchev–Trinajstić information content (AvgIpc) is 2.74. The van der Waals surface area contributed by atoms with Crippen LogP contribution >= 0.6 is 15.9 Å². The Labute approximate surface area is 181 Å². The van der Waals surface area contributed by atoms with E-state index in [9.17, 15) is 14.9 Å². The molecule has 1 amide bonds. The first-order valence-corrected chi connectivity index (χ1v) is 9.82. The fourth-order valence-corrected chi connectivity index (χ4v) is 3.09. The number of hydrazone groups is 1. The number of rotatable bonds is 8. The van der Waals surface area contributed by atoms with Crippen LogP contribution in [0.25, 0.3) is 0 Å². The molecule has 0 fully saturated rings. The standard InChI is InChI=1S/C22H18BrN3O4/c23-19-10-11-21(30-15-16-6-2-1-3-7-16)18(12-19)14-24-25-22(27)13-17-8-4-5-9-20(17)26(28)29/h1-12,14H,13,15H2,(H,25,27)/b24-14+. The van der Waals surface area contributed by atoms with Gasteiger partial charge >= 0.3 is 0 Å². The molecular formula is C22H18BrN3O4. The summed E-state index contributed by atoms with van der Waals surface area (Å²) in [5.41, 5.74) is 4.33. The van der Waals surface area contributed by atoms with E-state index < -0.39 is 10.8 Å². The number of carbonyl (C=O) groups excluding carboxylic acids is 1. The molecule has 8 heteroatoms. The van der Waals surface area contributed by atoms with Crippen molar-refractivity contribution < 1.29 is 14.5 Å². The number of para-hydroxylation sites is 1. The number of nitrogens with zero attached hydrogens (tertiary/aromatic N) is 2. The summed E-state index contributed by atoms with van der Waals surface area (Å²) in [6.45, 7) is 0.396. The van der Waals surface area contributed by atoms with Gasteiger partial charge in [0.1, 0.15) is 12.4 Å². The molecule has 0 spiro atoms. The quantitative estimate of drug-likeness (QED) is 0.296. The van der Waals surface area contributed by atoms with E-state index >= 15 is 0 Å². The van der Waals surface area contributed by atoms with Gasteiger partial charge in [0, 0.05) is 21.7 Å². The summed E-state index contributed by atoms with van der Waals surface area (Å²) in [5, 5.41) is 15.0. The molecular weight excluding hydrogens is 450 g/mol. The van der Waals surface area contributed by atoms with E-state index in [0.29, 0.717) is 23.5 Å². The summed E-state index contributed by atoms with van der Waals surface area (Å²) in [4.78, 5) is 22.7. The number of nitro benzene ring substituents is 1. The van der Waals surface area contributed by atoms with Crippen LogP contribution in [0.3, 0.4) is 0 Å². The summed E-state index contributed by atoms with van der Waals surface area (Å²) in [5.74, 6) is 0.154. The van der Waals surface area contributed by atoms with Crippen molar-refractivity contribution in [1.82, 2.24) is 5.43 Å². The first-order chi connectivity index (χ1) is 14.5. The molecule has 7 nitrogen and oxygen atoms in total. The minimum atomic E-state index is -0.510. The second-order valence-electron chi connectivity index (χ2n) is 6.31. The highest BCUT2D eigenvalue weighted by atomic mass is 79.9. The Hall–Kier alpha value is -3.52. The van der Waals surface area contributed by atoms with Gasteiger partial charge in [-0.1, -0.05) is 64.5 Å². The van der Waals surface area contributed by atoms with Crippen molar-refractivity contribution in [3.05, 3.63) is 104 Å². The molecule has 0 saturated carbocycles. The average molecular weight is 468 g/mol. The molecule has 0 aliphatic heterocycles. The molecule has 0 atom stereocenters. The summed E-state index contributed by atoms with van der Waals surface area (Å²) in [7, 11) is 0. The predicted octanol–water partition coefficient (Wildman–Crippen LogP) is 4.63. The highest BCUT2D eigenvalue weighted by Gasteiger charge is 2.15. The highest BCUT2D eigenvalue weighted by molar-refractivity contribution is 9.10. The van der Waals surface area contributed by atoms with Gasteiger partial charge in [0.05, 0.1) is 17.6 Å². The normalized spacial score (nSPS) is 10.7. The monoisotopic (exact) mass is 467 g/mol. The zero-order chi connectivity index (χ0) is 21.3. The van der Waals surface area contributed by atoms with Crippen LogP contribution in [0.5, 0.6) is 5.75 Å². The lowest BCUT2D eigenvalue weighted by atomic mass is 10.1. The number of nitro groups is 1. The minimum Gasteiger partial charge on any atom is -0.488 e. The molecule has 0 aliphatic rings. The van der Waals surface area contributed by atoms with Crippen LogP contribution < -0.4 is 10.2 Å². The SMILES string of the molecule is O=C(Cc1ccccc1[N+](=O)[O-])N/N=C/c1cc(Br)ccc1OCc1ccccc1. The number of nitrogens with one attached hydrogen (secondary N) is 1. The van der Waals surface area contributed by atoms with Crippen LogP contribution in [0.15, 0.2) is 82.4 Å². The van der Waals surface area contributed by atoms with E-state index in [0.717, 1.165) is 10.0 Å². The Morgan fingerprint density at radius 1 is 1.10 bits per heavy atom. The van der Waals surface area contributed by atoms with Crippen molar-refractivity contribution in [2.75, 3.05) is 0 Å². The lowest BCUT2D eigenvalue weighted by molar-refractivity contribution is -0.385. The number of halogens is 1. The van der Waals surface area contributed by atoms with Crippen LogP contribution in [0.2, 0.25) is 0 Å². The molecule has 0 radical (unpaired) electrons. The fraction of sp³-hybridized carbons (Fsp3) is 0.0909. The maximum Gasteiger partial charge on any atom is 0.273 e.